The Kier molecular flexibility index (Phi) is 4.68. The van der Waals surface area contributed by atoms with Crippen molar-refractivity contribution in [1.82, 2.24) is 14.4 Å². The van der Waals surface area contributed by atoms with Crippen LogP contribution in [-0.2, 0) is 6.61 Å². The average molecular weight is 408 g/mol. The van der Waals surface area contributed by atoms with E-state index in [2.05, 4.69) is 4.98 Å². The van der Waals surface area contributed by atoms with Gasteiger partial charge in [-0.2, -0.15) is 0 Å². The fourth-order valence-corrected chi connectivity index (χ4v) is 3.91. The first-order valence-electron chi connectivity index (χ1n) is 9.70. The Labute approximate surface area is 173 Å². The number of benzene rings is 2. The van der Waals surface area contributed by atoms with Gasteiger partial charge in [0.05, 0.1) is 5.69 Å². The Morgan fingerprint density at radius 2 is 1.97 bits per heavy atom. The number of rotatable bonds is 5. The summed E-state index contributed by atoms with van der Waals surface area (Å²) < 4.78 is 22.2. The van der Waals surface area contributed by atoms with Crippen molar-refractivity contribution in [2.24, 2.45) is 0 Å². The van der Waals surface area contributed by atoms with Crippen LogP contribution in [0.2, 0.25) is 5.15 Å². The van der Waals surface area contributed by atoms with Gasteiger partial charge in [0.2, 0.25) is 0 Å². The average Bonchev–Trinajstić information content (AvgIpc) is 3.07. The van der Waals surface area contributed by atoms with Crippen molar-refractivity contribution in [3.63, 3.8) is 0 Å². The Balaban J connectivity index is 1.55. The molecule has 2 aromatic carbocycles. The van der Waals surface area contributed by atoms with Crippen molar-refractivity contribution < 1.29 is 9.13 Å². The number of hydrogen-bond acceptors (Lipinski definition) is 3. The summed E-state index contributed by atoms with van der Waals surface area (Å²) in [6, 6.07) is 14.5. The van der Waals surface area contributed by atoms with E-state index in [0.29, 0.717) is 23.4 Å². The molecule has 0 N–H and O–H groups in total. The van der Waals surface area contributed by atoms with Gasteiger partial charge in [-0.05, 0) is 36.6 Å². The van der Waals surface area contributed by atoms with Crippen molar-refractivity contribution in [2.45, 2.75) is 31.8 Å². The fourth-order valence-electron chi connectivity index (χ4n) is 3.68. The predicted molar refractivity (Wildman–Crippen MR) is 111 cm³/mol. The molecule has 1 aliphatic carbocycles. The third kappa shape index (κ3) is 3.36. The van der Waals surface area contributed by atoms with Gasteiger partial charge in [-0.3, -0.25) is 4.40 Å². The molecule has 1 aliphatic rings. The van der Waals surface area contributed by atoms with Crippen molar-refractivity contribution in [3.05, 3.63) is 83.3 Å². The number of halogens is 2. The molecule has 146 valence electrons. The summed E-state index contributed by atoms with van der Waals surface area (Å²) in [6.45, 7) is 0.292. The molecular weight excluding hydrogens is 389 g/mol. The minimum Gasteiger partial charge on any atom is -0.486 e. The molecule has 2 aromatic heterocycles. The molecule has 0 unspecified atom stereocenters. The fraction of sp³-hybridized carbons (Fsp3) is 0.217. The first-order chi connectivity index (χ1) is 14.2. The first kappa shape index (κ1) is 18.1. The zero-order valence-electron chi connectivity index (χ0n) is 15.7. The van der Waals surface area contributed by atoms with Crippen LogP contribution in [0.3, 0.4) is 0 Å². The normalized spacial score (nSPS) is 14.1. The highest BCUT2D eigenvalue weighted by Crippen LogP contribution is 2.40. The molecule has 1 saturated carbocycles. The number of fused-ring (bicyclic) bond motifs is 1. The van der Waals surface area contributed by atoms with Crippen molar-refractivity contribution in [1.29, 1.82) is 0 Å². The number of ether oxygens (including phenoxy) is 1. The number of nitrogens with zero attached hydrogens (tertiary/aromatic N) is 3. The third-order valence-corrected chi connectivity index (χ3v) is 5.73. The lowest BCUT2D eigenvalue weighted by atomic mass is 9.85. The molecule has 1 fully saturated rings. The zero-order chi connectivity index (χ0) is 19.8. The highest BCUT2D eigenvalue weighted by atomic mass is 35.5. The van der Waals surface area contributed by atoms with E-state index in [9.17, 15) is 4.39 Å². The van der Waals surface area contributed by atoms with Gasteiger partial charge < -0.3 is 4.74 Å². The van der Waals surface area contributed by atoms with Gasteiger partial charge in [0, 0.05) is 23.9 Å². The molecular formula is C23H19ClFN3O. The van der Waals surface area contributed by atoms with Gasteiger partial charge >= 0.3 is 0 Å². The van der Waals surface area contributed by atoms with Crippen LogP contribution < -0.4 is 4.74 Å². The van der Waals surface area contributed by atoms with Gasteiger partial charge in [-0.1, -0.05) is 48.4 Å². The van der Waals surface area contributed by atoms with Crippen molar-refractivity contribution >= 4 is 17.1 Å². The molecule has 0 bridgehead atoms. The highest BCUT2D eigenvalue weighted by molar-refractivity contribution is 6.33. The van der Waals surface area contributed by atoms with Crippen LogP contribution in [0.5, 0.6) is 5.75 Å². The van der Waals surface area contributed by atoms with Crippen LogP contribution in [0.15, 0.2) is 60.9 Å². The minimum atomic E-state index is -0.406. The molecule has 0 spiro atoms. The molecule has 4 aromatic rings. The molecule has 5 rings (SSSR count). The maximum atomic E-state index is 14.4. The van der Waals surface area contributed by atoms with E-state index in [-0.39, 0.29) is 5.75 Å². The van der Waals surface area contributed by atoms with E-state index in [1.807, 2.05) is 40.9 Å². The van der Waals surface area contributed by atoms with Gasteiger partial charge in [0.15, 0.2) is 16.7 Å². The minimum absolute atomic E-state index is 0.192. The van der Waals surface area contributed by atoms with Crippen LogP contribution in [-0.4, -0.2) is 14.4 Å². The highest BCUT2D eigenvalue weighted by Gasteiger charge is 2.27. The molecule has 4 nitrogen and oxygen atoms in total. The summed E-state index contributed by atoms with van der Waals surface area (Å²) in [7, 11) is 0. The van der Waals surface area contributed by atoms with E-state index < -0.39 is 5.82 Å². The Bertz CT molecular complexity index is 1170. The van der Waals surface area contributed by atoms with E-state index >= 15 is 0 Å². The second-order valence-corrected chi connectivity index (χ2v) is 7.66. The second kappa shape index (κ2) is 7.48. The molecule has 0 radical (unpaired) electrons. The lowest BCUT2D eigenvalue weighted by molar-refractivity contribution is 0.290. The summed E-state index contributed by atoms with van der Waals surface area (Å²) in [5.41, 5.74) is 3.18. The quantitative estimate of drug-likeness (QED) is 0.405. The summed E-state index contributed by atoms with van der Waals surface area (Å²) in [6.07, 6.45) is 7.02. The van der Waals surface area contributed by atoms with Gasteiger partial charge in [0.1, 0.15) is 17.9 Å². The maximum Gasteiger partial charge on any atom is 0.165 e. The lowest BCUT2D eigenvalue weighted by Gasteiger charge is -2.23. The molecule has 0 saturated heterocycles. The number of hydrogen-bond donors (Lipinski definition) is 0. The summed E-state index contributed by atoms with van der Waals surface area (Å²) in [5, 5.41) is 0.386. The van der Waals surface area contributed by atoms with Gasteiger partial charge in [-0.25, -0.2) is 14.4 Å². The van der Waals surface area contributed by atoms with Gasteiger partial charge in [-0.15, -0.1) is 0 Å². The van der Waals surface area contributed by atoms with E-state index in [4.69, 9.17) is 21.3 Å². The van der Waals surface area contributed by atoms with E-state index in [1.54, 1.807) is 18.3 Å². The van der Waals surface area contributed by atoms with Crippen LogP contribution >= 0.6 is 11.6 Å². The standard InChI is InChI=1S/C23H19ClFN3O/c24-22-21-20(27-23(16-7-4-8-16)28(21)12-11-26-22)17-9-10-18(25)19(13-17)29-14-15-5-2-1-3-6-15/h1-3,5-6,9-13,16H,4,7-8,14H2. The zero-order valence-corrected chi connectivity index (χ0v) is 16.4. The van der Waals surface area contributed by atoms with Crippen LogP contribution in [0.25, 0.3) is 16.8 Å². The smallest absolute Gasteiger partial charge is 0.165 e. The Morgan fingerprint density at radius 1 is 1.14 bits per heavy atom. The van der Waals surface area contributed by atoms with Crippen molar-refractivity contribution in [3.8, 4) is 17.0 Å². The topological polar surface area (TPSA) is 39.4 Å². The van der Waals surface area contributed by atoms with Crippen molar-refractivity contribution in [2.75, 3.05) is 0 Å². The molecule has 0 amide bonds. The monoisotopic (exact) mass is 407 g/mol. The van der Waals surface area contributed by atoms with Gasteiger partial charge in [0.25, 0.3) is 0 Å². The first-order valence-corrected chi connectivity index (χ1v) is 10.1. The molecule has 2 heterocycles. The largest absolute Gasteiger partial charge is 0.486 e. The summed E-state index contributed by atoms with van der Waals surface area (Å²) >= 11 is 6.43. The summed E-state index contributed by atoms with van der Waals surface area (Å²) in [5.74, 6) is 1.19. The number of aromatic nitrogens is 3. The maximum absolute atomic E-state index is 14.4. The molecule has 0 aliphatic heterocycles. The molecule has 29 heavy (non-hydrogen) atoms. The molecule has 0 atom stereocenters. The van der Waals surface area contributed by atoms with Crippen LogP contribution in [0.4, 0.5) is 4.39 Å². The van der Waals surface area contributed by atoms with Crippen LogP contribution in [0, 0.1) is 5.82 Å². The third-order valence-electron chi connectivity index (χ3n) is 5.45. The second-order valence-electron chi connectivity index (χ2n) is 7.30. The number of imidazole rings is 1. The Morgan fingerprint density at radius 3 is 2.72 bits per heavy atom. The van der Waals surface area contributed by atoms with E-state index in [0.717, 1.165) is 35.3 Å². The Hall–Kier alpha value is -2.92. The lowest BCUT2D eigenvalue weighted by Crippen LogP contribution is -2.12. The SMILES string of the molecule is Fc1ccc(-c2nc(C3CCC3)n3ccnc(Cl)c23)cc1OCc1ccccc1. The molecule has 6 heteroatoms. The van der Waals surface area contributed by atoms with Crippen LogP contribution in [0.1, 0.15) is 36.6 Å². The predicted octanol–water partition coefficient (Wildman–Crippen LogP) is 6.04. The summed E-state index contributed by atoms with van der Waals surface area (Å²) in [4.78, 5) is 9.12. The van der Waals surface area contributed by atoms with E-state index in [1.165, 1.54) is 12.5 Å².